The van der Waals surface area contributed by atoms with E-state index in [0.29, 0.717) is 5.56 Å². The Hall–Kier alpha value is -1.97. The van der Waals surface area contributed by atoms with Crippen molar-refractivity contribution >= 4 is 5.69 Å². The molecule has 1 aromatic heterocycles. The third-order valence-corrected chi connectivity index (χ3v) is 2.08. The molecule has 15 heavy (non-hydrogen) atoms. The summed E-state index contributed by atoms with van der Waals surface area (Å²) >= 11 is 0. The van der Waals surface area contributed by atoms with E-state index in [4.69, 9.17) is 5.73 Å². The Morgan fingerprint density at radius 3 is 2.53 bits per heavy atom. The van der Waals surface area contributed by atoms with Crippen LogP contribution in [0.5, 0.6) is 0 Å². The minimum atomic E-state index is -1.02. The third kappa shape index (κ3) is 1.66. The highest BCUT2D eigenvalue weighted by atomic mass is 19.2. The zero-order valence-corrected chi connectivity index (χ0v) is 7.74. The summed E-state index contributed by atoms with van der Waals surface area (Å²) in [4.78, 5) is 3.83. The van der Waals surface area contributed by atoms with Crippen LogP contribution >= 0.6 is 0 Å². The Labute approximate surface area is 85.4 Å². The number of nitrogens with zero attached hydrogens (tertiary/aromatic N) is 1. The molecule has 0 atom stereocenters. The van der Waals surface area contributed by atoms with E-state index in [2.05, 4.69) is 4.98 Å². The second kappa shape index (κ2) is 3.65. The first-order chi connectivity index (χ1) is 7.20. The summed E-state index contributed by atoms with van der Waals surface area (Å²) in [5.74, 6) is -1.96. The van der Waals surface area contributed by atoms with E-state index < -0.39 is 11.6 Å². The van der Waals surface area contributed by atoms with E-state index in [1.807, 2.05) is 0 Å². The first-order valence-corrected chi connectivity index (χ1v) is 4.34. The SMILES string of the molecule is Nc1ccc(-c2cccnc2)c(F)c1F. The van der Waals surface area contributed by atoms with Crippen LogP contribution in [-0.2, 0) is 0 Å². The number of aromatic nitrogens is 1. The van der Waals surface area contributed by atoms with E-state index >= 15 is 0 Å². The van der Waals surface area contributed by atoms with Crippen LogP contribution in [0.1, 0.15) is 0 Å². The Morgan fingerprint density at radius 2 is 1.87 bits per heavy atom. The molecule has 0 aliphatic rings. The fourth-order valence-corrected chi connectivity index (χ4v) is 1.31. The molecule has 0 aliphatic carbocycles. The molecule has 0 saturated carbocycles. The maximum atomic E-state index is 13.5. The summed E-state index contributed by atoms with van der Waals surface area (Å²) in [6.45, 7) is 0. The summed E-state index contributed by atoms with van der Waals surface area (Å²) in [5, 5.41) is 0. The van der Waals surface area contributed by atoms with Gasteiger partial charge in [0.2, 0.25) is 0 Å². The summed E-state index contributed by atoms with van der Waals surface area (Å²) in [5.41, 5.74) is 5.73. The van der Waals surface area contributed by atoms with Crippen molar-refractivity contribution in [3.05, 3.63) is 48.3 Å². The zero-order chi connectivity index (χ0) is 10.8. The van der Waals surface area contributed by atoms with Gasteiger partial charge in [0, 0.05) is 23.5 Å². The lowest BCUT2D eigenvalue weighted by Gasteiger charge is -2.05. The molecule has 0 amide bonds. The number of pyridine rings is 1. The van der Waals surface area contributed by atoms with Crippen LogP contribution < -0.4 is 5.73 Å². The number of hydrogen-bond acceptors (Lipinski definition) is 2. The summed E-state index contributed by atoms with van der Waals surface area (Å²) in [7, 11) is 0. The number of hydrogen-bond donors (Lipinski definition) is 1. The highest BCUT2D eigenvalue weighted by molar-refractivity contribution is 5.65. The summed E-state index contributed by atoms with van der Waals surface area (Å²) in [6.07, 6.45) is 3.03. The molecule has 4 heteroatoms. The molecule has 0 spiro atoms. The van der Waals surface area contributed by atoms with Crippen molar-refractivity contribution in [2.75, 3.05) is 5.73 Å². The van der Waals surface area contributed by atoms with Crippen LogP contribution in [0.2, 0.25) is 0 Å². The molecule has 0 saturated heterocycles. The monoisotopic (exact) mass is 206 g/mol. The summed E-state index contributed by atoms with van der Waals surface area (Å²) < 4.78 is 26.6. The predicted molar refractivity (Wildman–Crippen MR) is 54.0 cm³/mol. The van der Waals surface area contributed by atoms with Gasteiger partial charge in [-0.05, 0) is 18.2 Å². The van der Waals surface area contributed by atoms with Gasteiger partial charge in [-0.1, -0.05) is 6.07 Å². The number of nitrogen functional groups attached to an aromatic ring is 1. The predicted octanol–water partition coefficient (Wildman–Crippen LogP) is 2.61. The molecule has 2 nitrogen and oxygen atoms in total. The molecule has 0 radical (unpaired) electrons. The van der Waals surface area contributed by atoms with Crippen molar-refractivity contribution in [1.29, 1.82) is 0 Å². The standard InChI is InChI=1S/C11H8F2N2/c12-10-8(3-4-9(14)11(10)13)7-2-1-5-15-6-7/h1-6H,14H2. The van der Waals surface area contributed by atoms with Gasteiger partial charge in [-0.3, -0.25) is 4.98 Å². The van der Waals surface area contributed by atoms with E-state index in [1.54, 1.807) is 18.3 Å². The van der Waals surface area contributed by atoms with Crippen LogP contribution in [0.15, 0.2) is 36.7 Å². The van der Waals surface area contributed by atoms with Crippen LogP contribution in [-0.4, -0.2) is 4.98 Å². The molecule has 2 N–H and O–H groups in total. The second-order valence-corrected chi connectivity index (χ2v) is 3.07. The normalized spacial score (nSPS) is 10.3. The maximum absolute atomic E-state index is 13.5. The van der Waals surface area contributed by atoms with E-state index in [0.717, 1.165) is 0 Å². The summed E-state index contributed by atoms with van der Waals surface area (Å²) in [6, 6.07) is 6.08. The van der Waals surface area contributed by atoms with Gasteiger partial charge in [-0.2, -0.15) is 0 Å². The Bertz CT molecular complexity index is 483. The van der Waals surface area contributed by atoms with Crippen LogP contribution in [0.25, 0.3) is 11.1 Å². The van der Waals surface area contributed by atoms with Gasteiger partial charge in [0.25, 0.3) is 0 Å². The largest absolute Gasteiger partial charge is 0.396 e. The first kappa shape index (κ1) is 9.58. The van der Waals surface area contributed by atoms with Gasteiger partial charge in [-0.25, -0.2) is 8.78 Å². The molecule has 2 rings (SSSR count). The number of benzene rings is 1. The van der Waals surface area contributed by atoms with Crippen molar-refractivity contribution in [2.45, 2.75) is 0 Å². The van der Waals surface area contributed by atoms with E-state index in [1.165, 1.54) is 18.3 Å². The van der Waals surface area contributed by atoms with Gasteiger partial charge in [-0.15, -0.1) is 0 Å². The number of rotatable bonds is 1. The lowest BCUT2D eigenvalue weighted by molar-refractivity contribution is 0.514. The van der Waals surface area contributed by atoms with Crippen LogP contribution in [0.4, 0.5) is 14.5 Å². The van der Waals surface area contributed by atoms with Crippen LogP contribution in [0, 0.1) is 11.6 Å². The molecule has 76 valence electrons. The zero-order valence-electron chi connectivity index (χ0n) is 7.74. The number of nitrogens with two attached hydrogens (primary N) is 1. The molecule has 0 aliphatic heterocycles. The molecule has 1 heterocycles. The Kier molecular flexibility index (Phi) is 2.33. The van der Waals surface area contributed by atoms with Gasteiger partial charge in [0.05, 0.1) is 5.69 Å². The fourth-order valence-electron chi connectivity index (χ4n) is 1.31. The highest BCUT2D eigenvalue weighted by Crippen LogP contribution is 2.26. The Morgan fingerprint density at radius 1 is 1.07 bits per heavy atom. The minimum absolute atomic E-state index is 0.162. The smallest absolute Gasteiger partial charge is 0.182 e. The average Bonchev–Trinajstić information content (AvgIpc) is 2.27. The molecule has 0 bridgehead atoms. The molecular formula is C11H8F2N2. The van der Waals surface area contributed by atoms with Crippen molar-refractivity contribution < 1.29 is 8.78 Å². The topological polar surface area (TPSA) is 38.9 Å². The van der Waals surface area contributed by atoms with Crippen molar-refractivity contribution in [3.63, 3.8) is 0 Å². The van der Waals surface area contributed by atoms with Crippen LogP contribution in [0.3, 0.4) is 0 Å². The quantitative estimate of drug-likeness (QED) is 0.728. The van der Waals surface area contributed by atoms with Crippen molar-refractivity contribution in [3.8, 4) is 11.1 Å². The molecule has 0 fully saturated rings. The Balaban J connectivity index is 2.60. The molecule has 1 aromatic carbocycles. The lowest BCUT2D eigenvalue weighted by Crippen LogP contribution is -1.96. The van der Waals surface area contributed by atoms with Crippen molar-refractivity contribution in [2.24, 2.45) is 0 Å². The van der Waals surface area contributed by atoms with E-state index in [9.17, 15) is 8.78 Å². The van der Waals surface area contributed by atoms with E-state index in [-0.39, 0.29) is 11.3 Å². The minimum Gasteiger partial charge on any atom is -0.396 e. The van der Waals surface area contributed by atoms with Gasteiger partial charge < -0.3 is 5.73 Å². The molecule has 0 unspecified atom stereocenters. The van der Waals surface area contributed by atoms with Gasteiger partial charge in [0.15, 0.2) is 11.6 Å². The number of anilines is 1. The lowest BCUT2D eigenvalue weighted by atomic mass is 10.1. The van der Waals surface area contributed by atoms with Gasteiger partial charge in [0.1, 0.15) is 0 Å². The van der Waals surface area contributed by atoms with Gasteiger partial charge >= 0.3 is 0 Å². The molecular weight excluding hydrogens is 198 g/mol. The number of halogens is 2. The average molecular weight is 206 g/mol. The van der Waals surface area contributed by atoms with Crippen molar-refractivity contribution in [1.82, 2.24) is 4.98 Å². The first-order valence-electron chi connectivity index (χ1n) is 4.34. The molecule has 2 aromatic rings. The third-order valence-electron chi connectivity index (χ3n) is 2.08. The second-order valence-electron chi connectivity index (χ2n) is 3.07. The maximum Gasteiger partial charge on any atom is 0.182 e. The fraction of sp³-hybridized carbons (Fsp3) is 0. The highest BCUT2D eigenvalue weighted by Gasteiger charge is 2.12.